The summed E-state index contributed by atoms with van der Waals surface area (Å²) in [5.41, 5.74) is 3.09. The van der Waals surface area contributed by atoms with Crippen LogP contribution in [0.3, 0.4) is 0 Å². The Labute approximate surface area is 98.6 Å². The van der Waals surface area contributed by atoms with Crippen LogP contribution in [-0.4, -0.2) is 13.1 Å². The van der Waals surface area contributed by atoms with E-state index in [1.807, 2.05) is 0 Å². The molecule has 0 aromatic heterocycles. The summed E-state index contributed by atoms with van der Waals surface area (Å²) in [7, 11) is 0. The molecule has 0 radical (unpaired) electrons. The number of hydrogen-bond acceptors (Lipinski definition) is 1. The second kappa shape index (κ2) is 6.49. The van der Waals surface area contributed by atoms with Gasteiger partial charge in [0.15, 0.2) is 0 Å². The quantitative estimate of drug-likeness (QED) is 0.567. The van der Waals surface area contributed by atoms with Gasteiger partial charge in [-0.25, -0.2) is 0 Å². The van der Waals surface area contributed by atoms with Crippen molar-refractivity contribution in [2.24, 2.45) is 0 Å². The van der Waals surface area contributed by atoms with Gasteiger partial charge in [-0.2, -0.15) is 0 Å². The first-order valence-corrected chi connectivity index (χ1v) is 6.38. The standard InChI is InChI=1S/C15H21N/c1-2-6-14(7-3-1)10-12-16-13-11-15-8-4-5-9-15/h1-3,6-8,16H,4-5,9-13H2. The third-order valence-corrected chi connectivity index (χ3v) is 3.19. The molecule has 0 spiro atoms. The van der Waals surface area contributed by atoms with E-state index in [-0.39, 0.29) is 0 Å². The van der Waals surface area contributed by atoms with Crippen LogP contribution in [0.2, 0.25) is 0 Å². The van der Waals surface area contributed by atoms with Gasteiger partial charge >= 0.3 is 0 Å². The first-order chi connectivity index (χ1) is 7.95. The van der Waals surface area contributed by atoms with E-state index in [2.05, 4.69) is 41.7 Å². The number of rotatable bonds is 6. The third-order valence-electron chi connectivity index (χ3n) is 3.19. The van der Waals surface area contributed by atoms with Crippen molar-refractivity contribution < 1.29 is 0 Å². The lowest BCUT2D eigenvalue weighted by Gasteiger charge is -2.05. The van der Waals surface area contributed by atoms with E-state index in [9.17, 15) is 0 Å². The predicted octanol–water partition coefficient (Wildman–Crippen LogP) is 3.32. The molecule has 0 fully saturated rings. The van der Waals surface area contributed by atoms with Crippen LogP contribution in [0.4, 0.5) is 0 Å². The molecule has 16 heavy (non-hydrogen) atoms. The molecule has 0 bridgehead atoms. The molecule has 0 aliphatic heterocycles. The third kappa shape index (κ3) is 3.82. The highest BCUT2D eigenvalue weighted by atomic mass is 14.8. The van der Waals surface area contributed by atoms with Crippen molar-refractivity contribution >= 4 is 0 Å². The summed E-state index contributed by atoms with van der Waals surface area (Å²) in [5.74, 6) is 0. The fourth-order valence-electron chi connectivity index (χ4n) is 2.22. The van der Waals surface area contributed by atoms with Gasteiger partial charge in [0.1, 0.15) is 0 Å². The summed E-state index contributed by atoms with van der Waals surface area (Å²) in [6.45, 7) is 2.23. The van der Waals surface area contributed by atoms with E-state index in [1.54, 1.807) is 5.57 Å². The van der Waals surface area contributed by atoms with E-state index in [4.69, 9.17) is 0 Å². The van der Waals surface area contributed by atoms with Gasteiger partial charge in [-0.05, 0) is 50.8 Å². The van der Waals surface area contributed by atoms with Gasteiger partial charge < -0.3 is 5.32 Å². The summed E-state index contributed by atoms with van der Waals surface area (Å²) < 4.78 is 0. The Morgan fingerprint density at radius 3 is 2.56 bits per heavy atom. The van der Waals surface area contributed by atoms with Crippen molar-refractivity contribution in [3.63, 3.8) is 0 Å². The number of benzene rings is 1. The van der Waals surface area contributed by atoms with Crippen molar-refractivity contribution in [3.05, 3.63) is 47.5 Å². The average Bonchev–Trinajstić information content (AvgIpc) is 2.83. The first kappa shape index (κ1) is 11.4. The SMILES string of the molecule is C1=C(CCNCCc2ccccc2)CCC1. The minimum atomic E-state index is 1.09. The van der Waals surface area contributed by atoms with Crippen LogP contribution >= 0.6 is 0 Å². The van der Waals surface area contributed by atoms with Crippen molar-refractivity contribution in [1.29, 1.82) is 0 Å². The van der Waals surface area contributed by atoms with E-state index in [1.165, 1.54) is 31.2 Å². The number of nitrogens with one attached hydrogen (secondary N) is 1. The minimum Gasteiger partial charge on any atom is -0.316 e. The summed E-state index contributed by atoms with van der Waals surface area (Å²) in [4.78, 5) is 0. The van der Waals surface area contributed by atoms with Crippen LogP contribution in [-0.2, 0) is 6.42 Å². The second-order valence-electron chi connectivity index (χ2n) is 4.49. The molecule has 1 aliphatic carbocycles. The van der Waals surface area contributed by atoms with Gasteiger partial charge in [0, 0.05) is 0 Å². The fraction of sp³-hybridized carbons (Fsp3) is 0.467. The van der Waals surface area contributed by atoms with Crippen LogP contribution in [0, 0.1) is 0 Å². The van der Waals surface area contributed by atoms with E-state index < -0.39 is 0 Å². The lowest BCUT2D eigenvalue weighted by Crippen LogP contribution is -2.18. The van der Waals surface area contributed by atoms with Gasteiger partial charge in [0.25, 0.3) is 0 Å². The van der Waals surface area contributed by atoms with E-state index in [0.717, 1.165) is 19.5 Å². The normalized spacial score (nSPS) is 15.1. The molecule has 1 heteroatoms. The summed E-state index contributed by atoms with van der Waals surface area (Å²) in [5, 5.41) is 3.52. The molecule has 2 rings (SSSR count). The molecule has 0 saturated heterocycles. The van der Waals surface area contributed by atoms with Crippen molar-refractivity contribution in [3.8, 4) is 0 Å². The smallest absolute Gasteiger partial charge is 0.000822 e. The monoisotopic (exact) mass is 215 g/mol. The lowest BCUT2D eigenvalue weighted by molar-refractivity contribution is 0.672. The summed E-state index contributed by atoms with van der Waals surface area (Å²) in [6, 6.07) is 10.7. The Hall–Kier alpha value is -1.08. The molecule has 0 unspecified atom stereocenters. The molecule has 1 aromatic carbocycles. The van der Waals surface area contributed by atoms with Crippen LogP contribution < -0.4 is 5.32 Å². The maximum absolute atomic E-state index is 3.52. The maximum Gasteiger partial charge on any atom is -0.000822 e. The average molecular weight is 215 g/mol. The fourth-order valence-corrected chi connectivity index (χ4v) is 2.22. The zero-order valence-electron chi connectivity index (χ0n) is 9.91. The highest BCUT2D eigenvalue weighted by Crippen LogP contribution is 2.19. The molecule has 1 aliphatic rings. The Morgan fingerprint density at radius 2 is 1.81 bits per heavy atom. The van der Waals surface area contributed by atoms with Crippen LogP contribution in [0.15, 0.2) is 42.0 Å². The first-order valence-electron chi connectivity index (χ1n) is 6.38. The molecule has 1 aromatic rings. The predicted molar refractivity (Wildman–Crippen MR) is 69.6 cm³/mol. The highest BCUT2D eigenvalue weighted by Gasteiger charge is 2.03. The van der Waals surface area contributed by atoms with Crippen molar-refractivity contribution in [1.82, 2.24) is 5.32 Å². The van der Waals surface area contributed by atoms with Gasteiger partial charge in [-0.15, -0.1) is 0 Å². The summed E-state index contributed by atoms with van der Waals surface area (Å²) >= 11 is 0. The van der Waals surface area contributed by atoms with Crippen LogP contribution in [0.25, 0.3) is 0 Å². The Morgan fingerprint density at radius 1 is 1.00 bits per heavy atom. The molecule has 1 nitrogen and oxygen atoms in total. The molecule has 86 valence electrons. The summed E-state index contributed by atoms with van der Waals surface area (Å²) in [6.07, 6.45) is 8.81. The van der Waals surface area contributed by atoms with E-state index >= 15 is 0 Å². The zero-order valence-corrected chi connectivity index (χ0v) is 9.91. The Bertz CT molecular complexity index is 327. The van der Waals surface area contributed by atoms with Gasteiger partial charge in [-0.1, -0.05) is 42.0 Å². The van der Waals surface area contributed by atoms with Gasteiger partial charge in [0.05, 0.1) is 0 Å². The Balaban J connectivity index is 1.55. The second-order valence-corrected chi connectivity index (χ2v) is 4.49. The van der Waals surface area contributed by atoms with E-state index in [0.29, 0.717) is 0 Å². The topological polar surface area (TPSA) is 12.0 Å². The van der Waals surface area contributed by atoms with Crippen LogP contribution in [0.1, 0.15) is 31.2 Å². The molecule has 0 saturated carbocycles. The van der Waals surface area contributed by atoms with Gasteiger partial charge in [-0.3, -0.25) is 0 Å². The molecular weight excluding hydrogens is 194 g/mol. The molecule has 0 atom stereocenters. The van der Waals surface area contributed by atoms with Crippen molar-refractivity contribution in [2.75, 3.05) is 13.1 Å². The largest absolute Gasteiger partial charge is 0.316 e. The lowest BCUT2D eigenvalue weighted by atomic mass is 10.1. The van der Waals surface area contributed by atoms with Crippen molar-refractivity contribution in [2.45, 2.75) is 32.1 Å². The Kier molecular flexibility index (Phi) is 4.63. The minimum absolute atomic E-state index is 1.09. The zero-order chi connectivity index (χ0) is 11.1. The molecular formula is C15H21N. The number of allylic oxidation sites excluding steroid dienone is 1. The number of hydrogen-bond donors (Lipinski definition) is 1. The maximum atomic E-state index is 3.52. The van der Waals surface area contributed by atoms with Gasteiger partial charge in [0.2, 0.25) is 0 Å². The molecule has 1 N–H and O–H groups in total. The van der Waals surface area contributed by atoms with Crippen LogP contribution in [0.5, 0.6) is 0 Å². The molecule has 0 heterocycles. The highest BCUT2D eigenvalue weighted by molar-refractivity contribution is 5.14. The molecule has 0 amide bonds.